The molecule has 0 spiro atoms. The number of aromatic nitrogens is 1. The van der Waals surface area contributed by atoms with E-state index in [2.05, 4.69) is 24.1 Å². The van der Waals surface area contributed by atoms with Crippen LogP contribution in [0.2, 0.25) is 0 Å². The zero-order valence-corrected chi connectivity index (χ0v) is 12.4. The van der Waals surface area contributed by atoms with Crippen molar-refractivity contribution < 1.29 is 9.90 Å². The van der Waals surface area contributed by atoms with Crippen molar-refractivity contribution in [3.05, 3.63) is 16.1 Å². The molecular formula is C13H23N3O2S. The molecule has 0 aliphatic rings. The molecule has 1 unspecified atom stereocenters. The first kappa shape index (κ1) is 16.1. The quantitative estimate of drug-likeness (QED) is 0.673. The average molecular weight is 285 g/mol. The van der Waals surface area contributed by atoms with Gasteiger partial charge in [-0.05, 0) is 24.7 Å². The van der Waals surface area contributed by atoms with Crippen LogP contribution in [0.1, 0.15) is 42.2 Å². The van der Waals surface area contributed by atoms with Crippen LogP contribution in [-0.2, 0) is 6.54 Å². The third-order valence-electron chi connectivity index (χ3n) is 2.85. The fourth-order valence-electron chi connectivity index (χ4n) is 1.99. The summed E-state index contributed by atoms with van der Waals surface area (Å²) in [4.78, 5) is 16.0. The number of hydrogen-bond donors (Lipinski definition) is 3. The van der Waals surface area contributed by atoms with E-state index in [-0.39, 0.29) is 12.5 Å². The number of hydrogen-bond acceptors (Lipinski definition) is 5. The van der Waals surface area contributed by atoms with Crippen LogP contribution in [0.4, 0.5) is 0 Å². The van der Waals surface area contributed by atoms with Crippen LogP contribution in [0.25, 0.3) is 0 Å². The van der Waals surface area contributed by atoms with E-state index in [9.17, 15) is 4.79 Å². The molecule has 0 radical (unpaired) electrons. The van der Waals surface area contributed by atoms with Gasteiger partial charge in [-0.3, -0.25) is 4.79 Å². The molecule has 0 saturated heterocycles. The molecule has 0 aliphatic carbocycles. The highest BCUT2D eigenvalue weighted by Crippen LogP contribution is 2.15. The third kappa shape index (κ3) is 5.67. The largest absolute Gasteiger partial charge is 0.396 e. The van der Waals surface area contributed by atoms with Crippen LogP contribution in [0.15, 0.2) is 5.38 Å². The molecule has 1 aromatic heterocycles. The normalized spacial score (nSPS) is 12.7. The zero-order chi connectivity index (χ0) is 14.3. The molecule has 0 aromatic carbocycles. The minimum atomic E-state index is -0.164. The molecule has 1 atom stereocenters. The predicted octanol–water partition coefficient (Wildman–Crippen LogP) is 1.38. The van der Waals surface area contributed by atoms with Crippen LogP contribution >= 0.6 is 11.3 Å². The lowest BCUT2D eigenvalue weighted by molar-refractivity contribution is 0.0937. The Labute approximate surface area is 118 Å². The highest BCUT2D eigenvalue weighted by Gasteiger charge is 2.14. The van der Waals surface area contributed by atoms with Gasteiger partial charge >= 0.3 is 0 Å². The summed E-state index contributed by atoms with van der Waals surface area (Å²) in [6.45, 7) is 5.37. The van der Waals surface area contributed by atoms with E-state index in [4.69, 9.17) is 10.8 Å². The van der Waals surface area contributed by atoms with Gasteiger partial charge in [-0.15, -0.1) is 11.3 Å². The Morgan fingerprint density at radius 3 is 2.84 bits per heavy atom. The molecule has 1 amide bonds. The highest BCUT2D eigenvalue weighted by atomic mass is 32.1. The number of aliphatic hydroxyl groups is 1. The van der Waals surface area contributed by atoms with Crippen molar-refractivity contribution in [2.24, 2.45) is 17.6 Å². The zero-order valence-electron chi connectivity index (χ0n) is 11.6. The summed E-state index contributed by atoms with van der Waals surface area (Å²) in [6.07, 6.45) is 1.70. The van der Waals surface area contributed by atoms with Crippen molar-refractivity contribution in [1.29, 1.82) is 0 Å². The van der Waals surface area contributed by atoms with Crippen LogP contribution < -0.4 is 11.1 Å². The Kier molecular flexibility index (Phi) is 6.97. The molecule has 0 saturated carbocycles. The number of carbonyl (C=O) groups excluding carboxylic acids is 1. The molecule has 108 valence electrons. The van der Waals surface area contributed by atoms with Crippen molar-refractivity contribution >= 4 is 17.2 Å². The van der Waals surface area contributed by atoms with Crippen molar-refractivity contribution in [3.8, 4) is 0 Å². The minimum absolute atomic E-state index is 0.154. The summed E-state index contributed by atoms with van der Waals surface area (Å²) in [5, 5.41) is 14.4. The van der Waals surface area contributed by atoms with Gasteiger partial charge in [-0.1, -0.05) is 13.8 Å². The fraction of sp³-hybridized carbons (Fsp3) is 0.692. The lowest BCUT2D eigenvalue weighted by Crippen LogP contribution is -2.30. The summed E-state index contributed by atoms with van der Waals surface area (Å²) < 4.78 is 0. The van der Waals surface area contributed by atoms with Crippen LogP contribution in [-0.4, -0.2) is 29.1 Å². The Hall–Kier alpha value is -0.980. The SMILES string of the molecule is CC(C)CC(CCO)CNC(=O)c1csc(CN)n1. The second kappa shape index (κ2) is 8.24. The van der Waals surface area contributed by atoms with Gasteiger partial charge in [-0.2, -0.15) is 0 Å². The van der Waals surface area contributed by atoms with E-state index in [0.717, 1.165) is 11.4 Å². The fourth-order valence-corrected chi connectivity index (χ4v) is 2.64. The molecule has 1 aromatic rings. The van der Waals surface area contributed by atoms with Gasteiger partial charge in [-0.25, -0.2) is 4.98 Å². The lowest BCUT2D eigenvalue weighted by atomic mass is 9.94. The first-order valence-corrected chi connectivity index (χ1v) is 7.48. The maximum Gasteiger partial charge on any atom is 0.270 e. The maximum absolute atomic E-state index is 11.9. The summed E-state index contributed by atoms with van der Waals surface area (Å²) in [5.41, 5.74) is 5.90. The molecule has 1 rings (SSSR count). The average Bonchev–Trinajstić information content (AvgIpc) is 2.84. The van der Waals surface area contributed by atoms with Gasteiger partial charge in [0.1, 0.15) is 10.7 Å². The van der Waals surface area contributed by atoms with Gasteiger partial charge in [0.05, 0.1) is 0 Å². The van der Waals surface area contributed by atoms with Crippen LogP contribution in [0, 0.1) is 11.8 Å². The number of nitrogens with two attached hydrogens (primary N) is 1. The molecule has 19 heavy (non-hydrogen) atoms. The Balaban J connectivity index is 2.46. The van der Waals surface area contributed by atoms with Gasteiger partial charge in [0.2, 0.25) is 0 Å². The van der Waals surface area contributed by atoms with Gasteiger partial charge < -0.3 is 16.2 Å². The van der Waals surface area contributed by atoms with Crippen molar-refractivity contribution in [2.75, 3.05) is 13.2 Å². The lowest BCUT2D eigenvalue weighted by Gasteiger charge is -2.18. The number of amides is 1. The molecule has 0 aliphatic heterocycles. The summed E-state index contributed by atoms with van der Waals surface area (Å²) in [6, 6.07) is 0. The molecule has 0 bridgehead atoms. The van der Waals surface area contributed by atoms with E-state index in [1.807, 2.05) is 0 Å². The number of nitrogens with zero attached hydrogens (tertiary/aromatic N) is 1. The summed E-state index contributed by atoms with van der Waals surface area (Å²) in [7, 11) is 0. The molecule has 4 N–H and O–H groups in total. The molecule has 1 heterocycles. The predicted molar refractivity (Wildman–Crippen MR) is 77.0 cm³/mol. The van der Waals surface area contributed by atoms with E-state index in [1.165, 1.54) is 11.3 Å². The number of nitrogens with one attached hydrogen (secondary N) is 1. The van der Waals surface area contributed by atoms with Crippen LogP contribution in [0.5, 0.6) is 0 Å². The van der Waals surface area contributed by atoms with Crippen LogP contribution in [0.3, 0.4) is 0 Å². The molecular weight excluding hydrogens is 262 g/mol. The molecule has 5 nitrogen and oxygen atoms in total. The van der Waals surface area contributed by atoms with E-state index < -0.39 is 0 Å². The number of carbonyl (C=O) groups is 1. The topological polar surface area (TPSA) is 88.2 Å². The van der Waals surface area contributed by atoms with Crippen molar-refractivity contribution in [2.45, 2.75) is 33.2 Å². The van der Waals surface area contributed by atoms with E-state index in [0.29, 0.717) is 37.0 Å². The maximum atomic E-state index is 11.9. The highest BCUT2D eigenvalue weighted by molar-refractivity contribution is 7.09. The molecule has 0 fully saturated rings. The minimum Gasteiger partial charge on any atom is -0.396 e. The first-order valence-electron chi connectivity index (χ1n) is 6.60. The Morgan fingerprint density at radius 2 is 2.32 bits per heavy atom. The summed E-state index contributed by atoms with van der Waals surface area (Å²) in [5.74, 6) is 0.695. The monoisotopic (exact) mass is 285 g/mol. The first-order chi connectivity index (χ1) is 9.06. The van der Waals surface area contributed by atoms with Gasteiger partial charge in [0.25, 0.3) is 5.91 Å². The third-order valence-corrected chi connectivity index (χ3v) is 3.72. The smallest absolute Gasteiger partial charge is 0.270 e. The second-order valence-corrected chi connectivity index (χ2v) is 5.99. The van der Waals surface area contributed by atoms with Gasteiger partial charge in [0.15, 0.2) is 0 Å². The van der Waals surface area contributed by atoms with E-state index >= 15 is 0 Å². The summed E-state index contributed by atoms with van der Waals surface area (Å²) >= 11 is 1.40. The van der Waals surface area contributed by atoms with E-state index in [1.54, 1.807) is 5.38 Å². The number of thiazole rings is 1. The second-order valence-electron chi connectivity index (χ2n) is 5.05. The van der Waals surface area contributed by atoms with Crippen molar-refractivity contribution in [1.82, 2.24) is 10.3 Å². The molecule has 6 heteroatoms. The number of rotatable bonds is 8. The Morgan fingerprint density at radius 1 is 1.58 bits per heavy atom. The standard InChI is InChI=1S/C13H23N3O2S/c1-9(2)5-10(3-4-17)7-15-13(18)11-8-19-12(6-14)16-11/h8-10,17H,3-7,14H2,1-2H3,(H,15,18). The Bertz CT molecular complexity index is 393. The van der Waals surface area contributed by atoms with Gasteiger partial charge in [0, 0.05) is 25.1 Å². The number of aliphatic hydroxyl groups excluding tert-OH is 1. The van der Waals surface area contributed by atoms with Crippen molar-refractivity contribution in [3.63, 3.8) is 0 Å².